The summed E-state index contributed by atoms with van der Waals surface area (Å²) >= 11 is 3.43. The summed E-state index contributed by atoms with van der Waals surface area (Å²) in [5.74, 6) is 2.70. The minimum absolute atomic E-state index is 0.0638. The van der Waals surface area contributed by atoms with Gasteiger partial charge in [-0.2, -0.15) is 0 Å². The third-order valence-electron chi connectivity index (χ3n) is 2.55. The van der Waals surface area contributed by atoms with Gasteiger partial charge in [-0.1, -0.05) is 12.0 Å². The third-order valence-corrected chi connectivity index (χ3v) is 3.17. The first-order valence-corrected chi connectivity index (χ1v) is 7.27. The molecule has 0 heterocycles. The highest BCUT2D eigenvalue weighted by molar-refractivity contribution is 9.10. The Hall–Kier alpha value is -1.55. The molecular weight excluding hydrogens is 336 g/mol. The number of amides is 1. The van der Waals surface area contributed by atoms with Crippen LogP contribution in [0.3, 0.4) is 0 Å². The fraction of sp³-hybridized carbons (Fsp3) is 0.400. The highest BCUT2D eigenvalue weighted by Gasteiger charge is 2.06. The van der Waals surface area contributed by atoms with Crippen LogP contribution in [0.15, 0.2) is 22.7 Å². The molecule has 0 atom stereocenters. The summed E-state index contributed by atoms with van der Waals surface area (Å²) in [4.78, 5) is 11.4. The summed E-state index contributed by atoms with van der Waals surface area (Å²) in [5.41, 5.74) is 1.11. The number of rotatable bonds is 9. The maximum atomic E-state index is 11.4. The summed E-state index contributed by atoms with van der Waals surface area (Å²) in [6.07, 6.45) is 5.06. The second-order valence-corrected chi connectivity index (χ2v) is 5.06. The van der Waals surface area contributed by atoms with Crippen molar-refractivity contribution in [2.24, 2.45) is 0 Å². The Morgan fingerprint density at radius 3 is 2.95 bits per heavy atom. The van der Waals surface area contributed by atoms with Crippen LogP contribution in [0.5, 0.6) is 5.75 Å². The number of hydrogen-bond donors (Lipinski definition) is 2. The van der Waals surface area contributed by atoms with Gasteiger partial charge < -0.3 is 20.1 Å². The largest absolute Gasteiger partial charge is 0.483 e. The van der Waals surface area contributed by atoms with E-state index in [2.05, 4.69) is 32.5 Å². The lowest BCUT2D eigenvalue weighted by atomic mass is 10.2. The molecule has 2 N–H and O–H groups in total. The first kappa shape index (κ1) is 17.5. The van der Waals surface area contributed by atoms with E-state index < -0.39 is 0 Å². The van der Waals surface area contributed by atoms with Gasteiger partial charge in [-0.25, -0.2) is 0 Å². The summed E-state index contributed by atoms with van der Waals surface area (Å²) in [7, 11) is 1.67. The van der Waals surface area contributed by atoms with E-state index in [9.17, 15) is 4.79 Å². The van der Waals surface area contributed by atoms with Gasteiger partial charge in [0.1, 0.15) is 5.75 Å². The molecule has 0 aliphatic carbocycles. The van der Waals surface area contributed by atoms with Crippen molar-refractivity contribution in [2.45, 2.75) is 6.54 Å². The van der Waals surface area contributed by atoms with Gasteiger partial charge in [-0.15, -0.1) is 6.42 Å². The number of terminal acetylenes is 1. The van der Waals surface area contributed by atoms with Gasteiger partial charge in [0.2, 0.25) is 0 Å². The molecule has 0 saturated heterocycles. The molecule has 0 unspecified atom stereocenters. The molecule has 0 saturated carbocycles. The monoisotopic (exact) mass is 354 g/mol. The topological polar surface area (TPSA) is 59.6 Å². The van der Waals surface area contributed by atoms with Gasteiger partial charge in [0.05, 0.1) is 17.6 Å². The second kappa shape index (κ2) is 10.2. The fourth-order valence-corrected chi connectivity index (χ4v) is 2.06. The highest BCUT2D eigenvalue weighted by Crippen LogP contribution is 2.25. The Bertz CT molecular complexity index is 500. The van der Waals surface area contributed by atoms with Crippen LogP contribution in [0, 0.1) is 12.3 Å². The number of carbonyl (C=O) groups is 1. The first-order valence-electron chi connectivity index (χ1n) is 6.48. The van der Waals surface area contributed by atoms with Crippen molar-refractivity contribution < 1.29 is 14.3 Å². The summed E-state index contributed by atoms with van der Waals surface area (Å²) in [5, 5.41) is 5.79. The molecule has 0 aliphatic rings. The molecule has 114 valence electrons. The molecule has 5 nitrogen and oxygen atoms in total. The number of hydrogen-bond acceptors (Lipinski definition) is 4. The SMILES string of the molecule is C#CCNC(=O)COc1ccc(CNCCOC)cc1Br. The van der Waals surface area contributed by atoms with Gasteiger partial charge in [0.25, 0.3) is 5.91 Å². The van der Waals surface area contributed by atoms with Crippen molar-refractivity contribution >= 4 is 21.8 Å². The van der Waals surface area contributed by atoms with Crippen LogP contribution in [0.2, 0.25) is 0 Å². The van der Waals surface area contributed by atoms with E-state index in [1.165, 1.54) is 0 Å². The maximum absolute atomic E-state index is 11.4. The quantitative estimate of drug-likeness (QED) is 0.518. The Labute approximate surface area is 133 Å². The zero-order chi connectivity index (χ0) is 15.5. The Morgan fingerprint density at radius 2 is 2.29 bits per heavy atom. The van der Waals surface area contributed by atoms with Crippen molar-refractivity contribution in [2.75, 3.05) is 33.4 Å². The molecule has 1 aromatic carbocycles. The standard InChI is InChI=1S/C15H19BrN2O3/c1-3-6-18-15(19)11-21-14-5-4-12(9-13(14)16)10-17-7-8-20-2/h1,4-5,9,17H,6-8,10-11H2,2H3,(H,18,19). The van der Waals surface area contributed by atoms with E-state index in [0.29, 0.717) is 12.4 Å². The van der Waals surface area contributed by atoms with Gasteiger partial charge in [-0.05, 0) is 33.6 Å². The molecule has 0 aliphatic heterocycles. The van der Waals surface area contributed by atoms with Gasteiger partial charge in [0.15, 0.2) is 6.61 Å². The van der Waals surface area contributed by atoms with Crippen molar-refractivity contribution in [3.63, 3.8) is 0 Å². The van der Waals surface area contributed by atoms with Crippen molar-refractivity contribution in [3.05, 3.63) is 28.2 Å². The zero-order valence-corrected chi connectivity index (χ0v) is 13.5. The fourth-order valence-electron chi connectivity index (χ4n) is 1.52. The van der Waals surface area contributed by atoms with E-state index in [1.54, 1.807) is 7.11 Å². The lowest BCUT2D eigenvalue weighted by molar-refractivity contribution is -0.122. The maximum Gasteiger partial charge on any atom is 0.258 e. The number of ether oxygens (including phenoxy) is 2. The van der Waals surface area contributed by atoms with E-state index in [0.717, 1.165) is 23.1 Å². The Morgan fingerprint density at radius 1 is 1.48 bits per heavy atom. The molecular formula is C15H19BrN2O3. The zero-order valence-electron chi connectivity index (χ0n) is 11.9. The van der Waals surface area contributed by atoms with Crippen molar-refractivity contribution in [1.29, 1.82) is 0 Å². The third kappa shape index (κ3) is 7.14. The van der Waals surface area contributed by atoms with Crippen LogP contribution in [-0.2, 0) is 16.1 Å². The predicted octanol–water partition coefficient (Wildman–Crippen LogP) is 1.31. The minimum atomic E-state index is -0.245. The van der Waals surface area contributed by atoms with E-state index >= 15 is 0 Å². The molecule has 0 bridgehead atoms. The van der Waals surface area contributed by atoms with Crippen LogP contribution in [0.25, 0.3) is 0 Å². The number of nitrogens with one attached hydrogen (secondary N) is 2. The van der Waals surface area contributed by atoms with Crippen LogP contribution < -0.4 is 15.4 Å². The predicted molar refractivity (Wildman–Crippen MR) is 85.1 cm³/mol. The number of methoxy groups -OCH3 is 1. The van der Waals surface area contributed by atoms with Crippen LogP contribution >= 0.6 is 15.9 Å². The van der Waals surface area contributed by atoms with Crippen molar-refractivity contribution in [3.8, 4) is 18.1 Å². The lowest BCUT2D eigenvalue weighted by Crippen LogP contribution is -2.29. The van der Waals surface area contributed by atoms with Crippen LogP contribution in [-0.4, -0.2) is 39.3 Å². The molecule has 0 fully saturated rings. The van der Waals surface area contributed by atoms with Gasteiger partial charge in [0, 0.05) is 20.2 Å². The summed E-state index contributed by atoms with van der Waals surface area (Å²) < 4.78 is 11.2. The molecule has 0 spiro atoms. The number of halogens is 1. The number of benzene rings is 1. The second-order valence-electron chi connectivity index (χ2n) is 4.20. The summed E-state index contributed by atoms with van der Waals surface area (Å²) in [6, 6.07) is 5.72. The van der Waals surface area contributed by atoms with E-state index in [-0.39, 0.29) is 19.1 Å². The molecule has 1 aromatic rings. The average Bonchev–Trinajstić information content (AvgIpc) is 2.48. The molecule has 1 amide bonds. The number of carbonyl (C=O) groups excluding carboxylic acids is 1. The smallest absolute Gasteiger partial charge is 0.258 e. The highest BCUT2D eigenvalue weighted by atomic mass is 79.9. The Kier molecular flexibility index (Phi) is 8.51. The van der Waals surface area contributed by atoms with Crippen LogP contribution in [0.4, 0.5) is 0 Å². The molecule has 0 aromatic heterocycles. The average molecular weight is 355 g/mol. The molecule has 0 radical (unpaired) electrons. The van der Waals surface area contributed by atoms with E-state index in [4.69, 9.17) is 15.9 Å². The Balaban J connectivity index is 2.43. The minimum Gasteiger partial charge on any atom is -0.483 e. The van der Waals surface area contributed by atoms with E-state index in [1.807, 2.05) is 18.2 Å². The van der Waals surface area contributed by atoms with Gasteiger partial charge in [-0.3, -0.25) is 4.79 Å². The van der Waals surface area contributed by atoms with Crippen molar-refractivity contribution in [1.82, 2.24) is 10.6 Å². The lowest BCUT2D eigenvalue weighted by Gasteiger charge is -2.10. The first-order chi connectivity index (χ1) is 10.2. The molecule has 1 rings (SSSR count). The molecule has 6 heteroatoms. The van der Waals surface area contributed by atoms with Gasteiger partial charge >= 0.3 is 0 Å². The van der Waals surface area contributed by atoms with Crippen LogP contribution in [0.1, 0.15) is 5.56 Å². The normalized spacial score (nSPS) is 9.95. The molecule has 21 heavy (non-hydrogen) atoms. The summed E-state index contributed by atoms with van der Waals surface area (Å²) in [6.45, 7) is 2.35.